The Bertz CT molecular complexity index is 831. The molecule has 0 spiro atoms. The maximum Gasteiger partial charge on any atom is 0.115 e. The quantitative estimate of drug-likeness (QED) is 0.641. The van der Waals surface area contributed by atoms with Crippen LogP contribution in [0.3, 0.4) is 0 Å². The van der Waals surface area contributed by atoms with Gasteiger partial charge in [-0.2, -0.15) is 0 Å². The third-order valence-electron chi connectivity index (χ3n) is 5.31. The van der Waals surface area contributed by atoms with E-state index in [1.807, 2.05) is 24.3 Å². The first kappa shape index (κ1) is 17.1. The molecule has 25 heavy (non-hydrogen) atoms. The third-order valence-corrected chi connectivity index (χ3v) is 5.31. The number of benzene rings is 3. The van der Waals surface area contributed by atoms with Crippen molar-refractivity contribution in [1.29, 1.82) is 0 Å². The van der Waals surface area contributed by atoms with Gasteiger partial charge in [0, 0.05) is 5.41 Å². The van der Waals surface area contributed by atoms with Crippen molar-refractivity contribution in [2.24, 2.45) is 5.92 Å². The molecule has 0 saturated carbocycles. The smallest absolute Gasteiger partial charge is 0.115 e. The fourth-order valence-electron chi connectivity index (χ4n) is 3.30. The van der Waals surface area contributed by atoms with Crippen LogP contribution < -0.4 is 0 Å². The van der Waals surface area contributed by atoms with Crippen LogP contribution in [0.1, 0.15) is 31.9 Å². The Balaban J connectivity index is 2.00. The lowest BCUT2D eigenvalue weighted by molar-refractivity contribution is 0.404. The second kappa shape index (κ2) is 6.64. The average Bonchev–Trinajstić information content (AvgIpc) is 2.62. The maximum atomic E-state index is 9.60. The highest BCUT2D eigenvalue weighted by atomic mass is 16.3. The fourth-order valence-corrected chi connectivity index (χ4v) is 3.30. The van der Waals surface area contributed by atoms with Crippen LogP contribution in [0.2, 0.25) is 0 Å². The highest BCUT2D eigenvalue weighted by Crippen LogP contribution is 2.40. The highest BCUT2D eigenvalue weighted by Gasteiger charge is 2.32. The van der Waals surface area contributed by atoms with E-state index in [0.29, 0.717) is 5.92 Å². The van der Waals surface area contributed by atoms with Gasteiger partial charge in [0.1, 0.15) is 11.5 Å². The first-order valence-corrected chi connectivity index (χ1v) is 8.60. The Labute approximate surface area is 149 Å². The number of aromatic hydroxyl groups is 2. The van der Waals surface area contributed by atoms with Crippen molar-refractivity contribution in [2.75, 3.05) is 0 Å². The first-order valence-electron chi connectivity index (χ1n) is 8.60. The molecule has 3 aromatic rings. The molecule has 0 fully saturated rings. The number of rotatable bonds is 4. The highest BCUT2D eigenvalue weighted by molar-refractivity contribution is 5.65. The van der Waals surface area contributed by atoms with E-state index in [1.54, 1.807) is 24.3 Å². The normalized spacial score (nSPS) is 13.6. The molecule has 0 amide bonds. The van der Waals surface area contributed by atoms with Crippen molar-refractivity contribution in [3.05, 3.63) is 83.9 Å². The summed E-state index contributed by atoms with van der Waals surface area (Å²) in [6.45, 7) is 6.70. The summed E-state index contributed by atoms with van der Waals surface area (Å²) in [7, 11) is 0. The van der Waals surface area contributed by atoms with Gasteiger partial charge in [0.15, 0.2) is 0 Å². The Hall–Kier alpha value is -2.74. The molecule has 2 N–H and O–H groups in total. The van der Waals surface area contributed by atoms with Gasteiger partial charge in [0.05, 0.1) is 0 Å². The zero-order chi connectivity index (χ0) is 18.0. The van der Waals surface area contributed by atoms with Gasteiger partial charge in [0.2, 0.25) is 0 Å². The van der Waals surface area contributed by atoms with E-state index < -0.39 is 0 Å². The minimum Gasteiger partial charge on any atom is -0.508 e. The molecule has 3 aromatic carbocycles. The van der Waals surface area contributed by atoms with E-state index in [2.05, 4.69) is 45.0 Å². The van der Waals surface area contributed by atoms with Crippen molar-refractivity contribution in [1.82, 2.24) is 0 Å². The molecule has 0 saturated heterocycles. The Morgan fingerprint density at radius 3 is 1.32 bits per heavy atom. The van der Waals surface area contributed by atoms with Gasteiger partial charge in [-0.15, -0.1) is 0 Å². The number of hydrogen-bond acceptors (Lipinski definition) is 2. The molecule has 1 atom stereocenters. The van der Waals surface area contributed by atoms with E-state index in [0.717, 1.165) is 11.1 Å². The number of phenols is 2. The molecule has 2 nitrogen and oxygen atoms in total. The van der Waals surface area contributed by atoms with E-state index >= 15 is 0 Å². The zero-order valence-electron chi connectivity index (χ0n) is 14.9. The second-order valence-electron chi connectivity index (χ2n) is 7.03. The van der Waals surface area contributed by atoms with E-state index in [9.17, 15) is 10.2 Å². The van der Waals surface area contributed by atoms with Gasteiger partial charge in [-0.05, 0) is 52.4 Å². The lowest BCUT2D eigenvalue weighted by Crippen LogP contribution is -2.30. The largest absolute Gasteiger partial charge is 0.508 e. The van der Waals surface area contributed by atoms with Crippen LogP contribution >= 0.6 is 0 Å². The molecule has 128 valence electrons. The van der Waals surface area contributed by atoms with E-state index in [-0.39, 0.29) is 16.9 Å². The predicted octanol–water partition coefficient (Wildman–Crippen LogP) is 5.73. The molecule has 2 heteroatoms. The summed E-state index contributed by atoms with van der Waals surface area (Å²) >= 11 is 0. The molecule has 0 aromatic heterocycles. The Morgan fingerprint density at radius 2 is 0.920 bits per heavy atom. The third kappa shape index (κ3) is 3.25. The number of phenolic OH excluding ortho intramolecular Hbond substituents is 2. The lowest BCUT2D eigenvalue weighted by Gasteiger charge is -2.35. The van der Waals surface area contributed by atoms with Crippen molar-refractivity contribution in [3.63, 3.8) is 0 Å². The van der Waals surface area contributed by atoms with Crippen molar-refractivity contribution in [3.8, 4) is 22.6 Å². The van der Waals surface area contributed by atoms with Crippen LogP contribution in [0.15, 0.2) is 72.8 Å². The van der Waals surface area contributed by atoms with E-state index in [4.69, 9.17) is 0 Å². The van der Waals surface area contributed by atoms with Gasteiger partial charge in [-0.25, -0.2) is 0 Å². The molecule has 0 aliphatic rings. The fraction of sp³-hybridized carbons (Fsp3) is 0.217. The molecular weight excluding hydrogens is 308 g/mol. The van der Waals surface area contributed by atoms with Crippen LogP contribution in [0.25, 0.3) is 11.1 Å². The summed E-state index contributed by atoms with van der Waals surface area (Å²) < 4.78 is 0. The summed E-state index contributed by atoms with van der Waals surface area (Å²) in [4.78, 5) is 0. The number of hydrogen-bond donors (Lipinski definition) is 2. The van der Waals surface area contributed by atoms with Gasteiger partial charge in [-0.3, -0.25) is 0 Å². The second-order valence-corrected chi connectivity index (χ2v) is 7.03. The SMILES string of the molecule is CC(C)C(C)(c1ccc(O)cc1)c1ccc(-c2ccc(O)cc2)cc1. The summed E-state index contributed by atoms with van der Waals surface area (Å²) in [6.07, 6.45) is 0. The van der Waals surface area contributed by atoms with Gasteiger partial charge < -0.3 is 10.2 Å². The van der Waals surface area contributed by atoms with Crippen LogP contribution in [0.4, 0.5) is 0 Å². The van der Waals surface area contributed by atoms with E-state index in [1.165, 1.54) is 11.1 Å². The molecule has 0 aliphatic heterocycles. The van der Waals surface area contributed by atoms with Crippen molar-refractivity contribution >= 4 is 0 Å². The maximum absolute atomic E-state index is 9.60. The van der Waals surface area contributed by atoms with Gasteiger partial charge in [0.25, 0.3) is 0 Å². The topological polar surface area (TPSA) is 40.5 Å². The molecule has 0 radical (unpaired) electrons. The lowest BCUT2D eigenvalue weighted by atomic mass is 9.68. The zero-order valence-corrected chi connectivity index (χ0v) is 14.9. The van der Waals surface area contributed by atoms with Crippen LogP contribution in [-0.2, 0) is 5.41 Å². The first-order chi connectivity index (χ1) is 11.9. The average molecular weight is 332 g/mol. The van der Waals surface area contributed by atoms with Gasteiger partial charge in [-0.1, -0.05) is 69.3 Å². The molecule has 0 bridgehead atoms. The predicted molar refractivity (Wildman–Crippen MR) is 103 cm³/mol. The Kier molecular flexibility index (Phi) is 4.54. The van der Waals surface area contributed by atoms with Gasteiger partial charge >= 0.3 is 0 Å². The summed E-state index contributed by atoms with van der Waals surface area (Å²) in [5, 5.41) is 19.0. The molecule has 0 aliphatic carbocycles. The summed E-state index contributed by atoms with van der Waals surface area (Å²) in [5.41, 5.74) is 4.51. The minimum atomic E-state index is -0.138. The molecular formula is C23H24O2. The molecule has 0 heterocycles. The summed E-state index contributed by atoms with van der Waals surface area (Å²) in [5.74, 6) is 0.967. The van der Waals surface area contributed by atoms with Crippen LogP contribution in [-0.4, -0.2) is 10.2 Å². The van der Waals surface area contributed by atoms with Crippen molar-refractivity contribution < 1.29 is 10.2 Å². The minimum absolute atomic E-state index is 0.138. The Morgan fingerprint density at radius 1 is 0.600 bits per heavy atom. The monoisotopic (exact) mass is 332 g/mol. The molecule has 3 rings (SSSR count). The standard InChI is InChI=1S/C23H24O2/c1-16(2)23(3,20-10-14-22(25)15-11-20)19-8-4-17(5-9-19)18-6-12-21(24)13-7-18/h4-16,24-25H,1-3H3. The van der Waals surface area contributed by atoms with Crippen LogP contribution in [0.5, 0.6) is 11.5 Å². The van der Waals surface area contributed by atoms with Crippen LogP contribution in [0, 0.1) is 5.92 Å². The van der Waals surface area contributed by atoms with Crippen molar-refractivity contribution in [2.45, 2.75) is 26.2 Å². The molecule has 1 unspecified atom stereocenters. The summed E-state index contributed by atoms with van der Waals surface area (Å²) in [6, 6.07) is 23.4.